The molecule has 1 atom stereocenters. The monoisotopic (exact) mass is 409 g/mol. The minimum atomic E-state index is -4.92. The van der Waals surface area contributed by atoms with Crippen LogP contribution in [-0.4, -0.2) is 61.2 Å². The van der Waals surface area contributed by atoms with Gasteiger partial charge in [0, 0.05) is 19.1 Å². The number of nitrogens with one attached hydrogen (secondary N) is 1. The van der Waals surface area contributed by atoms with Crippen LogP contribution in [0.25, 0.3) is 0 Å². The normalized spacial score (nSPS) is 21.4. The second-order valence-electron chi connectivity index (χ2n) is 6.70. The molecule has 3 rings (SSSR count). The molecular weight excluding hydrogens is 393 g/mol. The van der Waals surface area contributed by atoms with Crippen molar-refractivity contribution in [2.75, 3.05) is 36.0 Å². The van der Waals surface area contributed by atoms with Gasteiger partial charge in [-0.25, -0.2) is 13.6 Å². The lowest BCUT2D eigenvalue weighted by Crippen LogP contribution is -2.69. The van der Waals surface area contributed by atoms with Gasteiger partial charge in [0.05, 0.1) is 31.9 Å². The van der Waals surface area contributed by atoms with E-state index >= 15 is 0 Å². The van der Waals surface area contributed by atoms with Crippen LogP contribution in [0.1, 0.15) is 6.92 Å². The fourth-order valence-electron chi connectivity index (χ4n) is 3.03. The van der Waals surface area contributed by atoms with E-state index in [0.29, 0.717) is 0 Å². The number of rotatable bonds is 4. The van der Waals surface area contributed by atoms with Gasteiger partial charge in [-0.2, -0.15) is 13.2 Å². The highest BCUT2D eigenvalue weighted by Gasteiger charge is 2.61. The summed E-state index contributed by atoms with van der Waals surface area (Å²) in [7, 11) is 0. The molecule has 0 unspecified atom stereocenters. The van der Waals surface area contributed by atoms with Gasteiger partial charge in [-0.15, -0.1) is 0 Å². The number of alkyl halides is 3. The Labute approximate surface area is 155 Å². The van der Waals surface area contributed by atoms with Crippen molar-refractivity contribution in [3.8, 4) is 0 Å². The molecule has 0 spiro atoms. The lowest BCUT2D eigenvalue weighted by Gasteiger charge is -2.48. The van der Waals surface area contributed by atoms with E-state index in [1.54, 1.807) is 0 Å². The zero-order valence-electron chi connectivity index (χ0n) is 14.5. The number of carbonyl (C=O) groups excluding carboxylic acids is 2. The lowest BCUT2D eigenvalue weighted by atomic mass is 9.92. The van der Waals surface area contributed by atoms with E-state index in [2.05, 4.69) is 5.32 Å². The molecule has 2 aliphatic rings. The van der Waals surface area contributed by atoms with Crippen LogP contribution in [0, 0.1) is 11.6 Å². The summed E-state index contributed by atoms with van der Waals surface area (Å²) in [6.07, 6.45) is -6.52. The van der Waals surface area contributed by atoms with E-state index in [0.717, 1.165) is 21.9 Å². The molecule has 28 heavy (non-hydrogen) atoms. The minimum absolute atomic E-state index is 0.0183. The Balaban J connectivity index is 1.75. The number of anilines is 2. The highest BCUT2D eigenvalue weighted by Crippen LogP contribution is 2.42. The van der Waals surface area contributed by atoms with Gasteiger partial charge < -0.3 is 20.1 Å². The standard InChI is InChI=1S/C16H16F5N3O4/c1-8(25)22-4-10-5-24(14(26)28-10)9-2-11(17)13(12(18)3-9)23-6-15(27,7-23)16(19,20)21/h2-3,10,27H,4-7H2,1H3,(H,22,25)/t10-/m0/s1. The molecule has 154 valence electrons. The second-order valence-corrected chi connectivity index (χ2v) is 6.70. The Bertz CT molecular complexity index is 787. The first-order chi connectivity index (χ1) is 12.9. The van der Waals surface area contributed by atoms with Crippen molar-refractivity contribution in [2.45, 2.75) is 24.8 Å². The average molecular weight is 409 g/mol. The van der Waals surface area contributed by atoms with Crippen LogP contribution >= 0.6 is 0 Å². The Hall–Kier alpha value is -2.63. The highest BCUT2D eigenvalue weighted by molar-refractivity contribution is 5.90. The first-order valence-electron chi connectivity index (χ1n) is 8.17. The van der Waals surface area contributed by atoms with Gasteiger partial charge in [0.2, 0.25) is 5.91 Å². The molecule has 1 aromatic rings. The fraction of sp³-hybridized carbons (Fsp3) is 0.500. The van der Waals surface area contributed by atoms with E-state index in [9.17, 15) is 36.6 Å². The number of carbonyl (C=O) groups is 2. The topological polar surface area (TPSA) is 82.1 Å². The number of cyclic esters (lactones) is 1. The van der Waals surface area contributed by atoms with Crippen LogP contribution in [-0.2, 0) is 9.53 Å². The van der Waals surface area contributed by atoms with Gasteiger partial charge in [0.15, 0.2) is 17.2 Å². The maximum atomic E-state index is 14.4. The molecule has 0 aliphatic carbocycles. The number of ether oxygens (including phenoxy) is 1. The minimum Gasteiger partial charge on any atom is -0.442 e. The molecule has 0 saturated carbocycles. The Morgan fingerprint density at radius 2 is 1.89 bits per heavy atom. The third-order valence-electron chi connectivity index (χ3n) is 4.51. The van der Waals surface area contributed by atoms with Crippen molar-refractivity contribution >= 4 is 23.4 Å². The molecule has 2 heterocycles. The van der Waals surface area contributed by atoms with Gasteiger partial charge in [-0.1, -0.05) is 0 Å². The number of benzene rings is 1. The van der Waals surface area contributed by atoms with E-state index in [1.165, 1.54) is 6.92 Å². The van der Waals surface area contributed by atoms with Crippen molar-refractivity contribution in [1.29, 1.82) is 0 Å². The molecule has 2 N–H and O–H groups in total. The van der Waals surface area contributed by atoms with Crippen molar-refractivity contribution in [3.05, 3.63) is 23.8 Å². The molecular formula is C16H16F5N3O4. The maximum Gasteiger partial charge on any atom is 0.420 e. The molecule has 7 nitrogen and oxygen atoms in total. The van der Waals surface area contributed by atoms with Gasteiger partial charge in [-0.3, -0.25) is 9.69 Å². The van der Waals surface area contributed by atoms with Crippen molar-refractivity contribution in [3.63, 3.8) is 0 Å². The van der Waals surface area contributed by atoms with Crippen LogP contribution < -0.4 is 15.1 Å². The third kappa shape index (κ3) is 3.55. The molecule has 2 amide bonds. The van der Waals surface area contributed by atoms with Gasteiger partial charge >= 0.3 is 12.3 Å². The van der Waals surface area contributed by atoms with Crippen molar-refractivity contribution in [1.82, 2.24) is 5.32 Å². The summed E-state index contributed by atoms with van der Waals surface area (Å²) >= 11 is 0. The number of aliphatic hydroxyl groups is 1. The Morgan fingerprint density at radius 3 is 2.39 bits per heavy atom. The first-order valence-corrected chi connectivity index (χ1v) is 8.17. The molecule has 0 bridgehead atoms. The van der Waals surface area contributed by atoms with E-state index in [-0.39, 0.29) is 24.7 Å². The van der Waals surface area contributed by atoms with Crippen molar-refractivity contribution < 1.29 is 41.4 Å². The van der Waals surface area contributed by atoms with Crippen LogP contribution in [0.2, 0.25) is 0 Å². The van der Waals surface area contributed by atoms with E-state index in [4.69, 9.17) is 4.74 Å². The number of hydrogen-bond acceptors (Lipinski definition) is 5. The van der Waals surface area contributed by atoms with E-state index in [1.807, 2.05) is 0 Å². The summed E-state index contributed by atoms with van der Waals surface area (Å²) in [6, 6.07) is 1.59. The zero-order chi connectivity index (χ0) is 20.9. The lowest BCUT2D eigenvalue weighted by molar-refractivity contribution is -0.267. The number of β-amino-alcohol motifs (C(OH)–C–C–N with tert-alkyl or cyclic N) is 1. The largest absolute Gasteiger partial charge is 0.442 e. The van der Waals surface area contributed by atoms with Gasteiger partial charge in [0.1, 0.15) is 11.8 Å². The molecule has 2 saturated heterocycles. The molecule has 0 aromatic heterocycles. The maximum absolute atomic E-state index is 14.4. The summed E-state index contributed by atoms with van der Waals surface area (Å²) in [5, 5.41) is 11.9. The molecule has 2 fully saturated rings. The van der Waals surface area contributed by atoms with Crippen LogP contribution in [0.5, 0.6) is 0 Å². The second kappa shape index (κ2) is 6.76. The first kappa shape index (κ1) is 20.1. The summed E-state index contributed by atoms with van der Waals surface area (Å²) in [6.45, 7) is -0.796. The molecule has 12 heteroatoms. The van der Waals surface area contributed by atoms with Gasteiger partial charge in [-0.05, 0) is 0 Å². The summed E-state index contributed by atoms with van der Waals surface area (Å²) in [5.41, 5.74) is -3.93. The number of amides is 2. The highest BCUT2D eigenvalue weighted by atomic mass is 19.4. The van der Waals surface area contributed by atoms with Crippen LogP contribution in [0.3, 0.4) is 0 Å². The summed E-state index contributed by atoms with van der Waals surface area (Å²) in [5.74, 6) is -2.71. The zero-order valence-corrected chi connectivity index (χ0v) is 14.5. The number of hydrogen-bond donors (Lipinski definition) is 2. The van der Waals surface area contributed by atoms with Crippen molar-refractivity contribution in [2.24, 2.45) is 0 Å². The predicted molar refractivity (Wildman–Crippen MR) is 85.9 cm³/mol. The van der Waals surface area contributed by atoms with E-state index < -0.39 is 54.4 Å². The van der Waals surface area contributed by atoms with Gasteiger partial charge in [0.25, 0.3) is 0 Å². The SMILES string of the molecule is CC(=O)NC[C@H]1CN(c2cc(F)c(N3CC(O)(C(F)(F)F)C3)c(F)c2)C(=O)O1. The predicted octanol–water partition coefficient (Wildman–Crippen LogP) is 1.54. The van der Waals surface area contributed by atoms with Crippen LogP contribution in [0.4, 0.5) is 38.1 Å². The quantitative estimate of drug-likeness (QED) is 0.738. The third-order valence-corrected chi connectivity index (χ3v) is 4.51. The van der Waals surface area contributed by atoms with Crippen LogP contribution in [0.15, 0.2) is 12.1 Å². The number of halogens is 5. The smallest absolute Gasteiger partial charge is 0.420 e. The molecule has 1 aromatic carbocycles. The number of nitrogens with zero attached hydrogens (tertiary/aromatic N) is 2. The average Bonchev–Trinajstić information content (AvgIpc) is 2.90. The Kier molecular flexibility index (Phi) is 4.86. The molecule has 0 radical (unpaired) electrons. The Morgan fingerprint density at radius 1 is 1.32 bits per heavy atom. The fourth-order valence-corrected chi connectivity index (χ4v) is 3.03. The summed E-state index contributed by atoms with van der Waals surface area (Å²) < 4.78 is 71.8. The molecule has 2 aliphatic heterocycles. The summed E-state index contributed by atoms with van der Waals surface area (Å²) in [4.78, 5) is 24.5.